The molecule has 1 heterocycles. The number of likely N-dealkylation sites (tertiary alicyclic amines) is 1. The highest BCUT2D eigenvalue weighted by Gasteiger charge is 2.40. The van der Waals surface area contributed by atoms with E-state index in [2.05, 4.69) is 5.32 Å². The van der Waals surface area contributed by atoms with Crippen LogP contribution in [0.25, 0.3) is 0 Å². The van der Waals surface area contributed by atoms with E-state index in [-0.39, 0.29) is 11.9 Å². The van der Waals surface area contributed by atoms with Crippen molar-refractivity contribution in [3.05, 3.63) is 0 Å². The Hall–Kier alpha value is -0.840. The molecule has 2 bridgehead atoms. The van der Waals surface area contributed by atoms with E-state index >= 15 is 0 Å². The van der Waals surface area contributed by atoms with Crippen molar-refractivity contribution in [2.24, 2.45) is 17.6 Å². The van der Waals surface area contributed by atoms with Gasteiger partial charge in [0.1, 0.15) is 6.04 Å². The number of hydrogen-bond acceptors (Lipinski definition) is 2. The molecule has 4 atom stereocenters. The van der Waals surface area contributed by atoms with Crippen LogP contribution in [-0.4, -0.2) is 34.5 Å². The second-order valence-electron chi connectivity index (χ2n) is 6.34. The molecule has 3 fully saturated rings. The number of carbonyl (C=O) groups excluding carboxylic acids is 1. The lowest BCUT2D eigenvalue weighted by atomic mass is 9.95. The summed E-state index contributed by atoms with van der Waals surface area (Å²) in [6.07, 6.45) is 8.35. The van der Waals surface area contributed by atoms with Crippen LogP contribution in [0.3, 0.4) is 0 Å². The summed E-state index contributed by atoms with van der Waals surface area (Å²) in [7, 11) is 0. The van der Waals surface area contributed by atoms with Gasteiger partial charge in [-0.25, -0.2) is 0 Å². The molecule has 1 saturated heterocycles. The molecule has 2 saturated carbocycles. The molecular weight excluding hydrogens is 258 g/mol. The molecule has 0 radical (unpaired) electrons. The zero-order valence-electron chi connectivity index (χ0n) is 11.3. The topological polar surface area (TPSA) is 58.4 Å². The van der Waals surface area contributed by atoms with Crippen molar-refractivity contribution in [3.63, 3.8) is 0 Å². The van der Waals surface area contributed by atoms with Gasteiger partial charge in [0.05, 0.1) is 0 Å². The van der Waals surface area contributed by atoms with Crippen LogP contribution in [0.1, 0.15) is 44.9 Å². The monoisotopic (exact) mass is 281 g/mol. The third-order valence-electron chi connectivity index (χ3n) is 5.14. The minimum absolute atomic E-state index is 0.202. The van der Waals surface area contributed by atoms with Crippen molar-refractivity contribution in [3.8, 4) is 0 Å². The van der Waals surface area contributed by atoms with Gasteiger partial charge < -0.3 is 16.0 Å². The smallest absolute Gasteiger partial charge is 0.240 e. The Morgan fingerprint density at radius 1 is 1.21 bits per heavy atom. The van der Waals surface area contributed by atoms with Crippen LogP contribution in [0.2, 0.25) is 0 Å². The lowest BCUT2D eigenvalue weighted by molar-refractivity contribution is -0.122. The van der Waals surface area contributed by atoms with E-state index in [1.165, 1.54) is 25.7 Å². The molecule has 0 aromatic rings. The Labute approximate surface area is 120 Å². The lowest BCUT2D eigenvalue weighted by Gasteiger charge is -2.37. The molecule has 0 aromatic heterocycles. The fourth-order valence-electron chi connectivity index (χ4n) is 4.13. The molecular formula is C14H23N3OS. The van der Waals surface area contributed by atoms with Crippen LogP contribution in [-0.2, 0) is 4.79 Å². The number of nitrogens with zero attached hydrogens (tertiary/aromatic N) is 1. The standard InChI is InChI=1S/C14H23N3OS/c15-13(18)12-3-1-2-6-17(12)14(19)16-11-8-9-4-5-10(11)7-9/h9-12H,1-8H2,(H2,15,18)(H,16,19)/t9-,10-,11-,12+/m0/s1. The number of piperidine rings is 1. The minimum atomic E-state index is -0.239. The van der Waals surface area contributed by atoms with Gasteiger partial charge in [0.2, 0.25) is 5.91 Å². The third kappa shape index (κ3) is 2.57. The number of hydrogen-bond donors (Lipinski definition) is 2. The molecule has 0 aromatic carbocycles. The second kappa shape index (κ2) is 5.27. The predicted molar refractivity (Wildman–Crippen MR) is 78.5 cm³/mol. The lowest BCUT2D eigenvalue weighted by Crippen LogP contribution is -2.55. The highest BCUT2D eigenvalue weighted by molar-refractivity contribution is 7.80. The fourth-order valence-corrected chi connectivity index (χ4v) is 4.50. The van der Waals surface area contributed by atoms with E-state index in [0.29, 0.717) is 6.04 Å². The molecule has 1 amide bonds. The normalized spacial score (nSPS) is 37.4. The van der Waals surface area contributed by atoms with Crippen molar-refractivity contribution in [1.29, 1.82) is 0 Å². The quantitative estimate of drug-likeness (QED) is 0.751. The Morgan fingerprint density at radius 2 is 2.05 bits per heavy atom. The Morgan fingerprint density at radius 3 is 2.68 bits per heavy atom. The van der Waals surface area contributed by atoms with Crippen LogP contribution in [0.5, 0.6) is 0 Å². The number of fused-ring (bicyclic) bond motifs is 2. The fraction of sp³-hybridized carbons (Fsp3) is 0.857. The molecule has 2 aliphatic carbocycles. The van der Waals surface area contributed by atoms with Gasteiger partial charge in [-0.15, -0.1) is 0 Å². The summed E-state index contributed by atoms with van der Waals surface area (Å²) in [5.41, 5.74) is 5.50. The summed E-state index contributed by atoms with van der Waals surface area (Å²) in [6, 6.07) is 0.328. The molecule has 0 spiro atoms. The summed E-state index contributed by atoms with van der Waals surface area (Å²) in [5, 5.41) is 4.27. The van der Waals surface area contributed by atoms with Crippen molar-refractivity contribution in [2.45, 2.75) is 57.0 Å². The van der Waals surface area contributed by atoms with E-state index in [4.69, 9.17) is 18.0 Å². The van der Waals surface area contributed by atoms with E-state index in [0.717, 1.165) is 42.8 Å². The molecule has 3 aliphatic rings. The first kappa shape index (κ1) is 13.2. The van der Waals surface area contributed by atoms with Crippen molar-refractivity contribution in [2.75, 3.05) is 6.54 Å². The van der Waals surface area contributed by atoms with Crippen molar-refractivity contribution < 1.29 is 4.79 Å². The molecule has 106 valence electrons. The summed E-state index contributed by atoms with van der Waals surface area (Å²) < 4.78 is 0. The first-order valence-electron chi connectivity index (χ1n) is 7.51. The highest BCUT2D eigenvalue weighted by atomic mass is 32.1. The van der Waals surface area contributed by atoms with Crippen LogP contribution in [0, 0.1) is 11.8 Å². The first-order chi connectivity index (χ1) is 9.15. The largest absolute Gasteiger partial charge is 0.368 e. The Bertz CT molecular complexity index is 387. The summed E-state index contributed by atoms with van der Waals surface area (Å²) in [5.74, 6) is 1.45. The number of nitrogens with one attached hydrogen (secondary N) is 1. The Kier molecular flexibility index (Phi) is 3.65. The SMILES string of the molecule is NC(=O)[C@H]1CCCCN1C(=S)N[C@H]1C[C@H]2CC[C@H]1C2. The number of rotatable bonds is 2. The van der Waals surface area contributed by atoms with E-state index < -0.39 is 0 Å². The molecule has 4 nitrogen and oxygen atoms in total. The maximum Gasteiger partial charge on any atom is 0.240 e. The van der Waals surface area contributed by atoms with Crippen LogP contribution in [0.15, 0.2) is 0 Å². The van der Waals surface area contributed by atoms with E-state index in [1.54, 1.807) is 0 Å². The Balaban J connectivity index is 1.61. The average molecular weight is 281 g/mol. The van der Waals surface area contributed by atoms with Gasteiger partial charge in [-0.3, -0.25) is 4.79 Å². The zero-order valence-corrected chi connectivity index (χ0v) is 12.1. The maximum atomic E-state index is 11.5. The zero-order chi connectivity index (χ0) is 13.4. The number of primary amides is 1. The second-order valence-corrected chi connectivity index (χ2v) is 6.72. The molecule has 1 aliphatic heterocycles. The van der Waals surface area contributed by atoms with Crippen LogP contribution < -0.4 is 11.1 Å². The van der Waals surface area contributed by atoms with E-state index in [9.17, 15) is 4.79 Å². The van der Waals surface area contributed by atoms with Gasteiger partial charge in [-0.2, -0.15) is 0 Å². The minimum Gasteiger partial charge on any atom is -0.368 e. The number of thiocarbonyl (C=S) groups is 1. The highest BCUT2D eigenvalue weighted by Crippen LogP contribution is 2.44. The third-order valence-corrected chi connectivity index (χ3v) is 5.49. The molecule has 5 heteroatoms. The van der Waals surface area contributed by atoms with Gasteiger partial charge in [0, 0.05) is 12.6 Å². The first-order valence-corrected chi connectivity index (χ1v) is 7.92. The molecule has 0 unspecified atom stereocenters. The number of nitrogens with two attached hydrogens (primary N) is 1. The molecule has 3 N–H and O–H groups in total. The van der Waals surface area contributed by atoms with Crippen LogP contribution >= 0.6 is 12.2 Å². The van der Waals surface area contributed by atoms with Gasteiger partial charge in [0.25, 0.3) is 0 Å². The average Bonchev–Trinajstić information content (AvgIpc) is 3.01. The predicted octanol–water partition coefficient (Wildman–Crippen LogP) is 1.39. The van der Waals surface area contributed by atoms with Crippen molar-refractivity contribution in [1.82, 2.24) is 10.2 Å². The summed E-state index contributed by atoms with van der Waals surface area (Å²) in [4.78, 5) is 13.5. The van der Waals surface area contributed by atoms with Gasteiger partial charge >= 0.3 is 0 Å². The van der Waals surface area contributed by atoms with Crippen LogP contribution in [0.4, 0.5) is 0 Å². The maximum absolute atomic E-state index is 11.5. The number of carbonyl (C=O) groups is 1. The van der Waals surface area contributed by atoms with E-state index in [1.807, 2.05) is 4.90 Å². The number of amides is 1. The van der Waals surface area contributed by atoms with Gasteiger partial charge in [-0.1, -0.05) is 6.42 Å². The van der Waals surface area contributed by atoms with Crippen molar-refractivity contribution >= 4 is 23.2 Å². The van der Waals surface area contributed by atoms with Gasteiger partial charge in [-0.05, 0) is 62.6 Å². The molecule has 19 heavy (non-hydrogen) atoms. The summed E-state index contributed by atoms with van der Waals surface area (Å²) in [6.45, 7) is 0.861. The summed E-state index contributed by atoms with van der Waals surface area (Å²) >= 11 is 5.53. The van der Waals surface area contributed by atoms with Gasteiger partial charge in [0.15, 0.2) is 5.11 Å². The molecule has 3 rings (SSSR count).